The first-order chi connectivity index (χ1) is 9.95. The van der Waals surface area contributed by atoms with Crippen molar-refractivity contribution in [3.05, 3.63) is 58.1 Å². The van der Waals surface area contributed by atoms with Crippen molar-refractivity contribution in [1.29, 1.82) is 0 Å². The number of rotatable bonds is 4. The summed E-state index contributed by atoms with van der Waals surface area (Å²) >= 11 is 4.39. The topological polar surface area (TPSA) is 29.1 Å². The van der Waals surface area contributed by atoms with Gasteiger partial charge in [-0.1, -0.05) is 6.07 Å². The first-order valence-corrected chi connectivity index (χ1v) is 7.87. The Morgan fingerprint density at radius 2 is 2.00 bits per heavy atom. The van der Waals surface area contributed by atoms with Gasteiger partial charge in [-0.15, -0.1) is 11.8 Å². The lowest BCUT2D eigenvalue weighted by atomic mass is 10.2. The normalized spacial score (nSPS) is 10.5. The molecule has 2 aromatic rings. The molecule has 1 amide bonds. The summed E-state index contributed by atoms with van der Waals surface area (Å²) in [6.45, 7) is 1.95. The van der Waals surface area contributed by atoms with E-state index in [-0.39, 0.29) is 16.6 Å². The van der Waals surface area contributed by atoms with Crippen molar-refractivity contribution in [2.75, 3.05) is 11.1 Å². The Hall–Kier alpha value is -1.40. The lowest BCUT2D eigenvalue weighted by Crippen LogP contribution is -2.14. The number of amides is 1. The molecule has 0 unspecified atom stereocenters. The molecule has 0 radical (unpaired) electrons. The Bertz CT molecular complexity index is 679. The Morgan fingerprint density at radius 1 is 1.24 bits per heavy atom. The molecule has 21 heavy (non-hydrogen) atoms. The third kappa shape index (κ3) is 4.54. The summed E-state index contributed by atoms with van der Waals surface area (Å²) in [7, 11) is 0. The highest BCUT2D eigenvalue weighted by molar-refractivity contribution is 9.10. The summed E-state index contributed by atoms with van der Waals surface area (Å²) in [5.74, 6) is -1.51. The van der Waals surface area contributed by atoms with Gasteiger partial charge in [-0.25, -0.2) is 8.78 Å². The van der Waals surface area contributed by atoms with Gasteiger partial charge in [0.1, 0.15) is 11.6 Å². The number of benzene rings is 2. The van der Waals surface area contributed by atoms with Crippen LogP contribution in [0.2, 0.25) is 0 Å². The molecule has 0 spiro atoms. The van der Waals surface area contributed by atoms with Gasteiger partial charge in [-0.2, -0.15) is 0 Å². The van der Waals surface area contributed by atoms with Crippen LogP contribution in [0.5, 0.6) is 0 Å². The minimum atomic E-state index is -0.663. The van der Waals surface area contributed by atoms with Crippen LogP contribution in [0.3, 0.4) is 0 Å². The predicted molar refractivity (Wildman–Crippen MR) is 84.6 cm³/mol. The summed E-state index contributed by atoms with van der Waals surface area (Å²) in [6.07, 6.45) is 0. The fourth-order valence-electron chi connectivity index (χ4n) is 1.64. The summed E-state index contributed by atoms with van der Waals surface area (Å²) in [4.78, 5) is 12.1. The predicted octanol–water partition coefficient (Wildman–Crippen LogP) is 4.77. The number of anilines is 1. The van der Waals surface area contributed by atoms with Crippen molar-refractivity contribution < 1.29 is 13.6 Å². The standard InChI is InChI=1S/C15H12BrF2NOS/c1-9-2-4-13(11(16)6-9)19-15(20)8-21-14-5-3-10(17)7-12(14)18/h2-7H,8H2,1H3,(H,19,20). The van der Waals surface area contributed by atoms with Crippen LogP contribution in [0, 0.1) is 18.6 Å². The van der Waals surface area contributed by atoms with Crippen LogP contribution >= 0.6 is 27.7 Å². The molecule has 0 saturated carbocycles. The largest absolute Gasteiger partial charge is 0.324 e. The summed E-state index contributed by atoms with van der Waals surface area (Å²) < 4.78 is 27.0. The fourth-order valence-corrected chi connectivity index (χ4v) is 2.96. The molecule has 0 aromatic heterocycles. The number of thioether (sulfide) groups is 1. The lowest BCUT2D eigenvalue weighted by molar-refractivity contribution is -0.113. The van der Waals surface area contributed by atoms with E-state index in [1.54, 1.807) is 6.07 Å². The molecule has 0 fully saturated rings. The van der Waals surface area contributed by atoms with Crippen molar-refractivity contribution in [2.24, 2.45) is 0 Å². The molecule has 2 aromatic carbocycles. The van der Waals surface area contributed by atoms with Crippen molar-refractivity contribution in [2.45, 2.75) is 11.8 Å². The number of carbonyl (C=O) groups excluding carboxylic acids is 1. The zero-order valence-electron chi connectivity index (χ0n) is 11.1. The SMILES string of the molecule is Cc1ccc(NC(=O)CSc2ccc(F)cc2F)c(Br)c1. The number of halogens is 3. The Kier molecular flexibility index (Phi) is 5.36. The second kappa shape index (κ2) is 7.04. The van der Waals surface area contributed by atoms with Gasteiger partial charge in [0, 0.05) is 15.4 Å². The Morgan fingerprint density at radius 3 is 2.67 bits per heavy atom. The third-order valence-electron chi connectivity index (χ3n) is 2.65. The fraction of sp³-hybridized carbons (Fsp3) is 0.133. The Balaban J connectivity index is 1.96. The molecule has 0 aliphatic carbocycles. The number of hydrogen-bond donors (Lipinski definition) is 1. The van der Waals surface area contributed by atoms with Crippen LogP contribution in [0.15, 0.2) is 45.8 Å². The summed E-state index contributed by atoms with van der Waals surface area (Å²) in [5, 5.41) is 2.74. The summed E-state index contributed by atoms with van der Waals surface area (Å²) in [5.41, 5.74) is 1.73. The average Bonchev–Trinajstić information content (AvgIpc) is 2.41. The quantitative estimate of drug-likeness (QED) is 0.784. The van der Waals surface area contributed by atoms with Crippen molar-refractivity contribution in [1.82, 2.24) is 0 Å². The Labute approximate surface area is 134 Å². The molecule has 2 nitrogen and oxygen atoms in total. The van der Waals surface area contributed by atoms with Gasteiger partial charge in [0.05, 0.1) is 11.4 Å². The molecule has 0 heterocycles. The molecular formula is C15H12BrF2NOS. The van der Waals surface area contributed by atoms with Crippen LogP contribution < -0.4 is 5.32 Å². The maximum atomic E-state index is 13.4. The van der Waals surface area contributed by atoms with E-state index < -0.39 is 11.6 Å². The van der Waals surface area contributed by atoms with E-state index in [0.29, 0.717) is 5.69 Å². The van der Waals surface area contributed by atoms with Crippen LogP contribution in [-0.4, -0.2) is 11.7 Å². The molecule has 0 aliphatic heterocycles. The monoisotopic (exact) mass is 371 g/mol. The molecule has 110 valence electrons. The van der Waals surface area contributed by atoms with E-state index in [1.165, 1.54) is 12.1 Å². The number of hydrogen-bond acceptors (Lipinski definition) is 2. The summed E-state index contributed by atoms with van der Waals surface area (Å²) in [6, 6.07) is 8.86. The third-order valence-corrected chi connectivity index (χ3v) is 4.36. The highest BCUT2D eigenvalue weighted by atomic mass is 79.9. The minimum absolute atomic E-state index is 0.0445. The molecule has 0 saturated heterocycles. The molecule has 1 N–H and O–H groups in total. The zero-order chi connectivity index (χ0) is 15.4. The van der Waals surface area contributed by atoms with Gasteiger partial charge in [-0.05, 0) is 52.7 Å². The highest BCUT2D eigenvalue weighted by Crippen LogP contribution is 2.25. The number of nitrogens with one attached hydrogen (secondary N) is 1. The van der Waals surface area contributed by atoms with Gasteiger partial charge in [0.15, 0.2) is 0 Å². The molecular weight excluding hydrogens is 360 g/mol. The molecule has 0 aliphatic rings. The lowest BCUT2D eigenvalue weighted by Gasteiger charge is -2.08. The second-order valence-corrected chi connectivity index (χ2v) is 6.27. The average molecular weight is 372 g/mol. The van der Waals surface area contributed by atoms with Crippen LogP contribution in [0.4, 0.5) is 14.5 Å². The van der Waals surface area contributed by atoms with Crippen LogP contribution in [0.25, 0.3) is 0 Å². The first-order valence-electron chi connectivity index (χ1n) is 6.09. The highest BCUT2D eigenvalue weighted by Gasteiger charge is 2.09. The van der Waals surface area contributed by atoms with Gasteiger partial charge < -0.3 is 5.32 Å². The maximum Gasteiger partial charge on any atom is 0.234 e. The van der Waals surface area contributed by atoms with Gasteiger partial charge in [-0.3, -0.25) is 4.79 Å². The first kappa shape index (κ1) is 16.0. The molecule has 0 bridgehead atoms. The van der Waals surface area contributed by atoms with E-state index in [0.717, 1.165) is 27.9 Å². The van der Waals surface area contributed by atoms with Gasteiger partial charge >= 0.3 is 0 Å². The van der Waals surface area contributed by atoms with E-state index in [2.05, 4.69) is 21.2 Å². The van der Waals surface area contributed by atoms with Crippen molar-refractivity contribution in [3.8, 4) is 0 Å². The number of aryl methyl sites for hydroxylation is 1. The van der Waals surface area contributed by atoms with Crippen molar-refractivity contribution in [3.63, 3.8) is 0 Å². The van der Waals surface area contributed by atoms with E-state index >= 15 is 0 Å². The van der Waals surface area contributed by atoms with Gasteiger partial charge in [0.25, 0.3) is 0 Å². The van der Waals surface area contributed by atoms with Crippen LogP contribution in [-0.2, 0) is 4.79 Å². The van der Waals surface area contributed by atoms with Gasteiger partial charge in [0.2, 0.25) is 5.91 Å². The minimum Gasteiger partial charge on any atom is -0.324 e. The van der Waals surface area contributed by atoms with E-state index in [1.807, 2.05) is 19.1 Å². The molecule has 6 heteroatoms. The second-order valence-electron chi connectivity index (χ2n) is 4.39. The zero-order valence-corrected chi connectivity index (χ0v) is 13.5. The molecule has 2 rings (SSSR count). The number of carbonyl (C=O) groups is 1. The molecule has 0 atom stereocenters. The van der Waals surface area contributed by atoms with E-state index in [9.17, 15) is 13.6 Å². The van der Waals surface area contributed by atoms with Crippen molar-refractivity contribution >= 4 is 39.3 Å². The van der Waals surface area contributed by atoms with Crippen LogP contribution in [0.1, 0.15) is 5.56 Å². The smallest absolute Gasteiger partial charge is 0.234 e. The van der Waals surface area contributed by atoms with E-state index in [4.69, 9.17) is 0 Å². The maximum absolute atomic E-state index is 13.4.